The number of rotatable bonds is 13. The third-order valence-corrected chi connectivity index (χ3v) is 10.1. The molecule has 2 amide bonds. The number of carbonyl (C=O) groups is 2. The highest BCUT2D eigenvalue weighted by molar-refractivity contribution is 5.91. The number of aliphatic hydroxyl groups excluding tert-OH is 4. The largest absolute Gasteiger partial charge is 0.393 e. The molecule has 2 aromatic rings. The van der Waals surface area contributed by atoms with E-state index in [2.05, 4.69) is 34.9 Å². The van der Waals surface area contributed by atoms with Crippen LogP contribution in [0.1, 0.15) is 72.8 Å². The van der Waals surface area contributed by atoms with Gasteiger partial charge in [0.15, 0.2) is 0 Å². The van der Waals surface area contributed by atoms with Crippen molar-refractivity contribution in [1.29, 1.82) is 0 Å². The number of amides is 2. The Bertz CT molecular complexity index is 1400. The van der Waals surface area contributed by atoms with Crippen LogP contribution in [-0.4, -0.2) is 107 Å². The van der Waals surface area contributed by atoms with Gasteiger partial charge < -0.3 is 45.4 Å². The quantitative estimate of drug-likeness (QED) is 0.188. The molecule has 47 heavy (non-hydrogen) atoms. The highest BCUT2D eigenvalue weighted by atomic mass is 16.8. The Morgan fingerprint density at radius 3 is 2.36 bits per heavy atom. The van der Waals surface area contributed by atoms with Crippen LogP contribution in [0.25, 0.3) is 0 Å². The predicted octanol–water partition coefficient (Wildman–Crippen LogP) is 1.43. The lowest BCUT2D eigenvalue weighted by Crippen LogP contribution is -2.65. The van der Waals surface area contributed by atoms with Gasteiger partial charge in [-0.25, -0.2) is 0 Å². The molecule has 5 atom stereocenters. The third kappa shape index (κ3) is 7.41. The monoisotopic (exact) mass is 653 g/mol. The molecule has 2 aromatic carbocycles. The highest BCUT2D eigenvalue weighted by Crippen LogP contribution is 2.49. The molecule has 0 aromatic heterocycles. The van der Waals surface area contributed by atoms with E-state index in [1.54, 1.807) is 6.07 Å². The van der Waals surface area contributed by atoms with Gasteiger partial charge in [0, 0.05) is 25.1 Å². The molecular weight excluding hydrogens is 602 g/mol. The van der Waals surface area contributed by atoms with Crippen LogP contribution in [0, 0.1) is 6.92 Å². The molecule has 2 saturated heterocycles. The Morgan fingerprint density at radius 1 is 0.979 bits per heavy atom. The minimum Gasteiger partial charge on any atom is -0.393 e. The number of benzene rings is 2. The van der Waals surface area contributed by atoms with Gasteiger partial charge in [0.25, 0.3) is 0 Å². The lowest BCUT2D eigenvalue weighted by atomic mass is 9.80. The molecule has 5 rings (SSSR count). The average molecular weight is 654 g/mol. The first kappa shape index (κ1) is 35.4. The molecule has 2 aliphatic heterocycles. The smallest absolute Gasteiger partial charge is 0.245 e. The van der Waals surface area contributed by atoms with Crippen molar-refractivity contribution in [1.82, 2.24) is 15.5 Å². The van der Waals surface area contributed by atoms with Crippen molar-refractivity contribution in [3.63, 3.8) is 0 Å². The second-order valence-electron chi connectivity index (χ2n) is 13.9. The van der Waals surface area contributed by atoms with Gasteiger partial charge in [0.2, 0.25) is 17.6 Å². The summed E-state index contributed by atoms with van der Waals surface area (Å²) in [5.41, 5.74) is 2.37. The SMILES string of the molecule is Cc1ccc([C@]23OC[C@](CO)(O2)[C@@H](O)[C@H](O)[C@H]3O)cc1Cc1ccc(CCCC(=O)NC2(C(=O)NCCN(C)C)CCCCC2)cc1. The van der Waals surface area contributed by atoms with Crippen LogP contribution in [0.4, 0.5) is 0 Å². The van der Waals surface area contributed by atoms with Crippen LogP contribution >= 0.6 is 0 Å². The number of aryl methyl sites for hydroxylation is 2. The van der Waals surface area contributed by atoms with Crippen LogP contribution in [-0.2, 0) is 37.7 Å². The zero-order valence-corrected chi connectivity index (χ0v) is 27.8. The summed E-state index contributed by atoms with van der Waals surface area (Å²) in [5.74, 6) is -1.86. The van der Waals surface area contributed by atoms with E-state index in [0.29, 0.717) is 44.2 Å². The van der Waals surface area contributed by atoms with E-state index in [-0.39, 0.29) is 18.4 Å². The van der Waals surface area contributed by atoms with Gasteiger partial charge in [0.05, 0.1) is 13.2 Å². The second kappa shape index (κ2) is 14.7. The summed E-state index contributed by atoms with van der Waals surface area (Å²) >= 11 is 0. The van der Waals surface area contributed by atoms with Gasteiger partial charge in [-0.15, -0.1) is 0 Å². The first-order valence-electron chi connectivity index (χ1n) is 16.8. The van der Waals surface area contributed by atoms with E-state index in [0.717, 1.165) is 54.5 Å². The van der Waals surface area contributed by atoms with E-state index in [1.165, 1.54) is 0 Å². The molecule has 11 heteroatoms. The molecule has 0 spiro atoms. The van der Waals surface area contributed by atoms with Crippen LogP contribution in [0.15, 0.2) is 42.5 Å². The minimum atomic E-state index is -1.70. The van der Waals surface area contributed by atoms with Crippen molar-refractivity contribution in [2.45, 2.75) is 100.0 Å². The topological polar surface area (TPSA) is 161 Å². The van der Waals surface area contributed by atoms with Crippen LogP contribution in [0.2, 0.25) is 0 Å². The summed E-state index contributed by atoms with van der Waals surface area (Å²) in [4.78, 5) is 28.1. The van der Waals surface area contributed by atoms with Crippen LogP contribution < -0.4 is 10.6 Å². The predicted molar refractivity (Wildman–Crippen MR) is 175 cm³/mol. The number of nitrogens with zero attached hydrogens (tertiary/aromatic N) is 1. The van der Waals surface area contributed by atoms with Crippen molar-refractivity contribution < 1.29 is 39.5 Å². The van der Waals surface area contributed by atoms with Crippen molar-refractivity contribution in [3.05, 3.63) is 70.3 Å². The van der Waals surface area contributed by atoms with Crippen molar-refractivity contribution >= 4 is 11.8 Å². The lowest BCUT2D eigenvalue weighted by Gasteiger charge is -2.46. The highest BCUT2D eigenvalue weighted by Gasteiger charge is 2.67. The molecule has 1 saturated carbocycles. The Labute approximate surface area is 277 Å². The molecule has 2 heterocycles. The molecule has 1 aliphatic carbocycles. The first-order valence-corrected chi connectivity index (χ1v) is 16.8. The molecule has 2 bridgehead atoms. The van der Waals surface area contributed by atoms with E-state index in [9.17, 15) is 30.0 Å². The minimum absolute atomic E-state index is 0.0729. The maximum Gasteiger partial charge on any atom is 0.245 e. The molecule has 258 valence electrons. The Kier molecular flexibility index (Phi) is 11.1. The third-order valence-electron chi connectivity index (χ3n) is 10.1. The maximum absolute atomic E-state index is 13.1. The van der Waals surface area contributed by atoms with Crippen molar-refractivity contribution in [2.24, 2.45) is 0 Å². The van der Waals surface area contributed by atoms with Crippen LogP contribution in [0.3, 0.4) is 0 Å². The maximum atomic E-state index is 13.1. The molecule has 6 N–H and O–H groups in total. The standard InChI is InChI=1S/C36H51N3O8/c1-24-10-15-28(36-32(44)30(42)31(43)35(22-40,47-36)23-46-36)21-27(24)20-26-13-11-25(12-14-26)8-7-9-29(41)38-34(16-5-4-6-17-34)33(45)37-18-19-39(2)3/h10-15,21,30-32,40,42-44H,4-9,16-20,22-23H2,1-3H3,(H,37,45)(H,38,41)/t30-,31-,32+,35-,36-/m0/s1. The number of ether oxygens (including phenoxy) is 2. The molecule has 11 nitrogen and oxygen atoms in total. The van der Waals surface area contributed by atoms with Gasteiger partial charge >= 0.3 is 0 Å². The number of fused-ring (bicyclic) bond motifs is 2. The summed E-state index contributed by atoms with van der Waals surface area (Å²) in [6, 6.07) is 13.8. The van der Waals surface area contributed by atoms with E-state index < -0.39 is 41.8 Å². The molecular formula is C36H51N3O8. The lowest BCUT2D eigenvalue weighted by molar-refractivity contribution is -0.329. The number of likely N-dealkylation sites (N-methyl/N-ethyl adjacent to an activating group) is 1. The number of hydrogen-bond donors (Lipinski definition) is 6. The van der Waals surface area contributed by atoms with Gasteiger partial charge in [0.1, 0.15) is 29.5 Å². The first-order chi connectivity index (χ1) is 22.4. The normalized spacial score (nSPS) is 28.3. The van der Waals surface area contributed by atoms with Crippen LogP contribution in [0.5, 0.6) is 0 Å². The fourth-order valence-corrected chi connectivity index (χ4v) is 7.11. The second-order valence-corrected chi connectivity index (χ2v) is 13.9. The van der Waals surface area contributed by atoms with E-state index in [1.807, 2.05) is 38.1 Å². The Balaban J connectivity index is 1.17. The average Bonchev–Trinajstić information content (AvgIpc) is 3.45. The number of nitrogens with one attached hydrogen (secondary N) is 2. The van der Waals surface area contributed by atoms with Gasteiger partial charge in [-0.05, 0) is 81.4 Å². The van der Waals surface area contributed by atoms with Gasteiger partial charge in [-0.1, -0.05) is 55.7 Å². The Morgan fingerprint density at radius 2 is 1.68 bits per heavy atom. The number of aliphatic hydroxyl groups is 4. The van der Waals surface area contributed by atoms with E-state index in [4.69, 9.17) is 9.47 Å². The fraction of sp³-hybridized carbons (Fsp3) is 0.611. The summed E-state index contributed by atoms with van der Waals surface area (Å²) in [7, 11) is 3.93. The Hall–Kier alpha value is -2.90. The fourth-order valence-electron chi connectivity index (χ4n) is 7.11. The van der Waals surface area contributed by atoms with Gasteiger partial charge in [-0.3, -0.25) is 9.59 Å². The zero-order valence-electron chi connectivity index (χ0n) is 27.8. The number of carbonyl (C=O) groups excluding carboxylic acids is 2. The number of hydrogen-bond acceptors (Lipinski definition) is 9. The van der Waals surface area contributed by atoms with E-state index >= 15 is 0 Å². The summed E-state index contributed by atoms with van der Waals surface area (Å²) in [5, 5.41) is 48.0. The zero-order chi connectivity index (χ0) is 33.8. The molecule has 0 unspecified atom stereocenters. The van der Waals surface area contributed by atoms with Crippen molar-refractivity contribution in [3.8, 4) is 0 Å². The molecule has 0 radical (unpaired) electrons. The molecule has 3 fully saturated rings. The summed E-state index contributed by atoms with van der Waals surface area (Å²) in [6.07, 6.45) is 2.06. The molecule has 3 aliphatic rings. The van der Waals surface area contributed by atoms with Crippen molar-refractivity contribution in [2.75, 3.05) is 40.4 Å². The summed E-state index contributed by atoms with van der Waals surface area (Å²) in [6.45, 7) is 2.56. The summed E-state index contributed by atoms with van der Waals surface area (Å²) < 4.78 is 11.9. The van der Waals surface area contributed by atoms with Gasteiger partial charge in [-0.2, -0.15) is 0 Å².